The number of esters is 1. The topological polar surface area (TPSA) is 228 Å². The summed E-state index contributed by atoms with van der Waals surface area (Å²) in [5.74, 6) is -2.59. The molecular weight excluding hydrogens is 764 g/mol. The van der Waals surface area contributed by atoms with Gasteiger partial charge in [0.25, 0.3) is 5.91 Å². The third-order valence-electron chi connectivity index (χ3n) is 8.09. The van der Waals surface area contributed by atoms with Crippen molar-refractivity contribution in [2.24, 2.45) is 14.6 Å². The number of amides is 2. The van der Waals surface area contributed by atoms with Crippen LogP contribution < -0.4 is 40.2 Å². The molecule has 20 heteroatoms. The number of carbonyl (C=O) groups excluding carboxylic acids is 3. The van der Waals surface area contributed by atoms with E-state index in [1.54, 1.807) is 5.41 Å². The normalized spacial score (nSPS) is 19.1. The van der Waals surface area contributed by atoms with Gasteiger partial charge in [0.15, 0.2) is 28.2 Å². The van der Waals surface area contributed by atoms with E-state index in [4.69, 9.17) is 20.1 Å². The number of rotatable bonds is 15. The van der Waals surface area contributed by atoms with Crippen LogP contribution in [0.25, 0.3) is 10.4 Å². The Kier molecular flexibility index (Phi) is 14.5. The van der Waals surface area contributed by atoms with Gasteiger partial charge >= 0.3 is 35.5 Å². The number of ether oxygens (including phenoxy) is 1. The minimum atomic E-state index is -5.28. The molecule has 0 aliphatic carbocycles. The Balaban J connectivity index is 0.00000650. The maximum atomic E-state index is 13.2. The van der Waals surface area contributed by atoms with Gasteiger partial charge in [0, 0.05) is 34.8 Å². The summed E-state index contributed by atoms with van der Waals surface area (Å²) in [7, 11) is -8.03. The van der Waals surface area contributed by atoms with E-state index >= 15 is 0 Å². The van der Waals surface area contributed by atoms with E-state index in [0.717, 1.165) is 22.7 Å². The first-order valence-corrected chi connectivity index (χ1v) is 22.6. The number of aliphatic imine (C=N–C) groups is 1. The van der Waals surface area contributed by atoms with Crippen molar-refractivity contribution in [3.8, 4) is 0 Å². The monoisotopic (exact) mass is 800 g/mol. The molecule has 0 spiro atoms. The van der Waals surface area contributed by atoms with Gasteiger partial charge in [0.05, 0.1) is 13.0 Å². The van der Waals surface area contributed by atoms with Crippen LogP contribution in [0.1, 0.15) is 23.1 Å². The predicted octanol–water partition coefficient (Wildman–Crippen LogP) is 1.21. The zero-order chi connectivity index (χ0) is 38.2. The molecule has 3 aromatic rings. The maximum Gasteiger partial charge on any atom is 1.00 e. The molecule has 2 N–H and O–H groups in total. The number of nitrogens with zero attached hydrogens (tertiary/aromatic N) is 6. The average Bonchev–Trinajstić information content (AvgIpc) is 3.49. The number of nitrogens with one attached hydrogen (secondary N) is 2. The third kappa shape index (κ3) is 10.3. The summed E-state index contributed by atoms with van der Waals surface area (Å²) in [5, 5.41) is 10.6. The van der Waals surface area contributed by atoms with Gasteiger partial charge in [-0.25, -0.2) is 27.3 Å². The van der Waals surface area contributed by atoms with Crippen molar-refractivity contribution in [1.29, 1.82) is 0 Å². The molecule has 3 atom stereocenters. The number of amidine groups is 1. The number of azide groups is 1. The first-order chi connectivity index (χ1) is 25.2. The predicted molar refractivity (Wildman–Crippen MR) is 199 cm³/mol. The van der Waals surface area contributed by atoms with Crippen LogP contribution in [0.4, 0.5) is 0 Å². The van der Waals surface area contributed by atoms with Gasteiger partial charge in [0.2, 0.25) is 5.91 Å². The van der Waals surface area contributed by atoms with Gasteiger partial charge in [0.1, 0.15) is 11.6 Å². The van der Waals surface area contributed by atoms with Crippen LogP contribution in [-0.4, -0.2) is 73.7 Å². The molecule has 5 rings (SSSR count). The second-order valence-electron chi connectivity index (χ2n) is 13.1. The first kappa shape index (κ1) is 42.6. The van der Waals surface area contributed by atoms with E-state index in [2.05, 4.69) is 44.8 Å². The molecule has 54 heavy (non-hydrogen) atoms. The van der Waals surface area contributed by atoms with Gasteiger partial charge in [-0.2, -0.15) is 0 Å². The molecule has 3 unspecified atom stereocenters. The van der Waals surface area contributed by atoms with Crippen LogP contribution in [-0.2, 0) is 50.5 Å². The molecule has 1 saturated heterocycles. The standard InChI is InChI=1S/C34H38N8O8S2Si.Na/c1-53(2,3)20-19-49-29(44)22-50-41-51-23-27(21-28(43)37-30-31(39-40-35)42(32(30)45)52(46,47)48)36-33(51)38-34(24-13-7-4-8-14-24,25-15-9-5-10-16-25)26-17-11-6-12-18-26;/h4-18,23,30-31H,19-22H2,1-3H3,(H,36,38)(H,37,43)(H,46,47,48);/q;+1/p-1. The fourth-order valence-corrected chi connectivity index (χ4v) is 8.30. The Morgan fingerprint density at radius 1 is 1.00 bits per heavy atom. The van der Waals surface area contributed by atoms with Crippen molar-refractivity contribution in [2.45, 2.75) is 49.9 Å². The molecule has 3 aromatic carbocycles. The van der Waals surface area contributed by atoms with Crippen molar-refractivity contribution >= 4 is 52.0 Å². The van der Waals surface area contributed by atoms with Crippen LogP contribution >= 0.6 is 0 Å². The Morgan fingerprint density at radius 2 is 1.54 bits per heavy atom. The summed E-state index contributed by atoms with van der Waals surface area (Å²) >= 11 is 0. The fraction of sp³-hybridized carbons (Fsp3) is 0.294. The molecule has 2 heterocycles. The number of carbonyl (C=O) groups is 3. The molecule has 1 fully saturated rings. The summed E-state index contributed by atoms with van der Waals surface area (Å²) in [6.45, 7) is 6.31. The number of hydrogen-bond acceptors (Lipinski definition) is 11. The van der Waals surface area contributed by atoms with Crippen LogP contribution in [0.3, 0.4) is 0 Å². The quantitative estimate of drug-likeness (QED) is 0.0259. The number of β-lactam (4-membered cyclic amide) rings is 1. The van der Waals surface area contributed by atoms with Crippen LogP contribution in [0.2, 0.25) is 25.7 Å². The first-order valence-electron chi connectivity index (χ1n) is 16.3. The Bertz CT molecular complexity index is 2000. The van der Waals surface area contributed by atoms with E-state index in [1.807, 2.05) is 91.0 Å². The molecule has 2 amide bonds. The van der Waals surface area contributed by atoms with Gasteiger partial charge in [-0.05, 0) is 28.3 Å². The zero-order valence-corrected chi connectivity index (χ0v) is 34.6. The molecule has 0 aromatic heterocycles. The van der Waals surface area contributed by atoms with E-state index in [9.17, 15) is 27.4 Å². The molecule has 0 saturated carbocycles. The second kappa shape index (κ2) is 18.4. The summed E-state index contributed by atoms with van der Waals surface area (Å²) in [6.07, 6.45) is -2.14. The molecule has 278 valence electrons. The maximum absolute atomic E-state index is 13.2. The van der Waals surface area contributed by atoms with E-state index < -0.39 is 71.2 Å². The van der Waals surface area contributed by atoms with Gasteiger partial charge in [-0.3, -0.25) is 9.59 Å². The van der Waals surface area contributed by atoms with Crippen molar-refractivity contribution in [1.82, 2.24) is 14.9 Å². The minimum Gasteiger partial charge on any atom is -0.731 e. The molecule has 2 aliphatic heterocycles. The van der Waals surface area contributed by atoms with Gasteiger partial charge < -0.3 is 19.9 Å². The van der Waals surface area contributed by atoms with Crippen molar-refractivity contribution < 1.29 is 66.5 Å². The molecule has 2 aliphatic rings. The molecule has 0 radical (unpaired) electrons. The Hall–Kier alpha value is -4.17. The molecule has 0 bridgehead atoms. The largest absolute Gasteiger partial charge is 1.00 e. The fourth-order valence-electron chi connectivity index (χ4n) is 5.55. The molecule has 16 nitrogen and oxygen atoms in total. The third-order valence-corrected chi connectivity index (χ3v) is 12.0. The minimum absolute atomic E-state index is 0. The average molecular weight is 801 g/mol. The summed E-state index contributed by atoms with van der Waals surface area (Å²) in [5.41, 5.74) is 10.5. The molecular formula is C34H37N8NaO8S2Si. The van der Waals surface area contributed by atoms with E-state index in [1.165, 1.54) is 0 Å². The SMILES string of the molecule is C[Si](C)(C)CCOC(=O)CO/N=S1\C=C(CC(=O)NC2C(=O)N(S(=O)(=O)[O-])C2N=[N+]=[N-])NC1=NC(c1ccccc1)(c1ccccc1)c1ccccc1.[Na+]. The van der Waals surface area contributed by atoms with Gasteiger partial charge in [-0.15, -0.1) is 0 Å². The summed E-state index contributed by atoms with van der Waals surface area (Å²) < 4.78 is 44.0. The van der Waals surface area contributed by atoms with Crippen molar-refractivity contribution in [3.05, 3.63) is 129 Å². The van der Waals surface area contributed by atoms with Crippen LogP contribution in [0, 0.1) is 0 Å². The van der Waals surface area contributed by atoms with Gasteiger partial charge in [-0.1, -0.05) is 120 Å². The number of benzene rings is 3. The summed E-state index contributed by atoms with van der Waals surface area (Å²) in [4.78, 5) is 51.5. The van der Waals surface area contributed by atoms with Crippen molar-refractivity contribution in [2.75, 3.05) is 13.2 Å². The van der Waals surface area contributed by atoms with E-state index in [0.29, 0.717) is 0 Å². The van der Waals surface area contributed by atoms with Crippen LogP contribution in [0.15, 0.2) is 117 Å². The Morgan fingerprint density at radius 3 is 2.02 bits per heavy atom. The second-order valence-corrected chi connectivity index (χ2v) is 21.4. The van der Waals surface area contributed by atoms with Crippen LogP contribution in [0.5, 0.6) is 0 Å². The number of hydrogen-bond donors (Lipinski definition) is 2. The van der Waals surface area contributed by atoms with Crippen molar-refractivity contribution in [3.63, 3.8) is 0 Å². The summed E-state index contributed by atoms with van der Waals surface area (Å²) in [6, 6.07) is 28.0. The Labute approximate surface area is 338 Å². The smallest absolute Gasteiger partial charge is 0.731 e. The van der Waals surface area contributed by atoms with E-state index in [-0.39, 0.29) is 57.8 Å². The zero-order valence-electron chi connectivity index (χ0n) is 30.0.